The summed E-state index contributed by atoms with van der Waals surface area (Å²) in [6, 6.07) is 1.75. The molecular weight excluding hydrogens is 178 g/mol. The number of carbonyl (C=O) groups is 1. The lowest BCUT2D eigenvalue weighted by atomic mass is 10.2. The minimum absolute atomic E-state index is 0.146. The Kier molecular flexibility index (Phi) is 6.77. The van der Waals surface area contributed by atoms with Crippen LogP contribution in [0.15, 0.2) is 0 Å². The number of carbonyl (C=O) groups excluding carboxylic acids is 1. The molecule has 4 heteroatoms. The summed E-state index contributed by atoms with van der Waals surface area (Å²) in [5.74, 6) is 0.430. The van der Waals surface area contributed by atoms with Crippen molar-refractivity contribution < 1.29 is 4.79 Å². The molecule has 0 aromatic carbocycles. The standard InChI is InChI=1S/C8H16N2O.C2H3N/c1-7(2)8(11)10-5-3-9-4-6-10;1-2-3/h7,9H,3-6H2,1-2H3;1H3. The maximum Gasteiger partial charge on any atom is 0.225 e. The topological polar surface area (TPSA) is 56.1 Å². The Morgan fingerprint density at radius 3 is 2.21 bits per heavy atom. The van der Waals surface area contributed by atoms with E-state index in [2.05, 4.69) is 5.32 Å². The molecule has 14 heavy (non-hydrogen) atoms. The normalized spacial score (nSPS) is 15.5. The number of rotatable bonds is 1. The molecule has 0 atom stereocenters. The minimum atomic E-state index is 0.146. The molecule has 1 fully saturated rings. The maximum atomic E-state index is 11.4. The number of hydrogen-bond acceptors (Lipinski definition) is 3. The zero-order valence-electron chi connectivity index (χ0n) is 9.21. The molecule has 0 radical (unpaired) electrons. The van der Waals surface area contributed by atoms with Gasteiger partial charge in [-0.15, -0.1) is 0 Å². The van der Waals surface area contributed by atoms with Crippen molar-refractivity contribution in [3.63, 3.8) is 0 Å². The number of nitriles is 1. The van der Waals surface area contributed by atoms with Gasteiger partial charge in [-0.3, -0.25) is 4.79 Å². The molecule has 80 valence electrons. The summed E-state index contributed by atoms with van der Waals surface area (Å²) >= 11 is 0. The van der Waals surface area contributed by atoms with Crippen LogP contribution in [0.3, 0.4) is 0 Å². The van der Waals surface area contributed by atoms with E-state index in [4.69, 9.17) is 5.26 Å². The van der Waals surface area contributed by atoms with Crippen LogP contribution in [0.4, 0.5) is 0 Å². The third-order valence-electron chi connectivity index (χ3n) is 1.92. The molecule has 1 heterocycles. The Bertz CT molecular complexity index is 202. The van der Waals surface area contributed by atoms with E-state index in [0.29, 0.717) is 0 Å². The highest BCUT2D eigenvalue weighted by Gasteiger charge is 2.17. The Hall–Kier alpha value is -1.08. The second-order valence-electron chi connectivity index (χ2n) is 3.45. The highest BCUT2D eigenvalue weighted by molar-refractivity contribution is 5.78. The van der Waals surface area contributed by atoms with Crippen molar-refractivity contribution in [2.24, 2.45) is 5.92 Å². The van der Waals surface area contributed by atoms with Crippen LogP contribution >= 0.6 is 0 Å². The molecule has 0 unspecified atom stereocenters. The summed E-state index contributed by atoms with van der Waals surface area (Å²) in [4.78, 5) is 13.3. The van der Waals surface area contributed by atoms with Gasteiger partial charge in [0.25, 0.3) is 0 Å². The number of piperazine rings is 1. The molecule has 1 N–H and O–H groups in total. The SMILES string of the molecule is CC#N.CC(C)C(=O)N1CCNCC1. The predicted molar refractivity (Wildman–Crippen MR) is 55.6 cm³/mol. The summed E-state index contributed by atoms with van der Waals surface area (Å²) < 4.78 is 0. The first-order valence-electron chi connectivity index (χ1n) is 4.93. The summed E-state index contributed by atoms with van der Waals surface area (Å²) in [7, 11) is 0. The van der Waals surface area contributed by atoms with Gasteiger partial charge in [0.1, 0.15) is 0 Å². The van der Waals surface area contributed by atoms with Crippen molar-refractivity contribution in [3.8, 4) is 6.07 Å². The molecule has 0 aliphatic carbocycles. The fraction of sp³-hybridized carbons (Fsp3) is 0.800. The van der Waals surface area contributed by atoms with Crippen molar-refractivity contribution in [3.05, 3.63) is 0 Å². The lowest BCUT2D eigenvalue weighted by Crippen LogP contribution is -2.47. The number of nitrogens with one attached hydrogen (secondary N) is 1. The maximum absolute atomic E-state index is 11.4. The Morgan fingerprint density at radius 1 is 1.43 bits per heavy atom. The van der Waals surface area contributed by atoms with Gasteiger partial charge in [0.05, 0.1) is 6.07 Å². The van der Waals surface area contributed by atoms with Gasteiger partial charge >= 0.3 is 0 Å². The molecule has 0 saturated carbocycles. The first-order valence-corrected chi connectivity index (χ1v) is 4.93. The second-order valence-corrected chi connectivity index (χ2v) is 3.45. The molecule has 1 amide bonds. The van der Waals surface area contributed by atoms with E-state index in [-0.39, 0.29) is 11.8 Å². The van der Waals surface area contributed by atoms with Crippen LogP contribution in [0.1, 0.15) is 20.8 Å². The monoisotopic (exact) mass is 197 g/mol. The van der Waals surface area contributed by atoms with Gasteiger partial charge in [0.2, 0.25) is 5.91 Å². The summed E-state index contributed by atoms with van der Waals surface area (Å²) in [5.41, 5.74) is 0. The van der Waals surface area contributed by atoms with Gasteiger partial charge in [0, 0.05) is 39.0 Å². The van der Waals surface area contributed by atoms with Crippen LogP contribution < -0.4 is 5.32 Å². The molecular formula is C10H19N3O. The van der Waals surface area contributed by atoms with E-state index in [1.807, 2.05) is 18.7 Å². The van der Waals surface area contributed by atoms with Crippen LogP contribution in [0.5, 0.6) is 0 Å². The molecule has 0 bridgehead atoms. The highest BCUT2D eigenvalue weighted by Crippen LogP contribution is 2.01. The average Bonchev–Trinajstić information content (AvgIpc) is 2.19. The molecule has 0 aromatic heterocycles. The summed E-state index contributed by atoms with van der Waals surface area (Å²) in [6.45, 7) is 8.96. The van der Waals surface area contributed by atoms with E-state index in [1.165, 1.54) is 6.92 Å². The first kappa shape index (κ1) is 12.9. The predicted octanol–water partition coefficient (Wildman–Crippen LogP) is 0.604. The third-order valence-corrected chi connectivity index (χ3v) is 1.92. The molecule has 4 nitrogen and oxygen atoms in total. The van der Waals surface area contributed by atoms with Crippen molar-refractivity contribution in [2.45, 2.75) is 20.8 Å². The zero-order valence-corrected chi connectivity index (χ0v) is 9.21. The number of amides is 1. The van der Waals surface area contributed by atoms with E-state index >= 15 is 0 Å². The Balaban J connectivity index is 0.000000500. The van der Waals surface area contributed by atoms with Crippen molar-refractivity contribution in [1.82, 2.24) is 10.2 Å². The fourth-order valence-corrected chi connectivity index (χ4v) is 1.25. The number of nitrogens with zero attached hydrogens (tertiary/aromatic N) is 2. The molecule has 0 aromatic rings. The van der Waals surface area contributed by atoms with Crippen LogP contribution in [-0.2, 0) is 4.79 Å². The van der Waals surface area contributed by atoms with Gasteiger partial charge in [-0.1, -0.05) is 13.8 Å². The summed E-state index contributed by atoms with van der Waals surface area (Å²) in [6.07, 6.45) is 0. The fourth-order valence-electron chi connectivity index (χ4n) is 1.25. The van der Waals surface area contributed by atoms with Crippen molar-refractivity contribution in [1.29, 1.82) is 5.26 Å². The van der Waals surface area contributed by atoms with Crippen LogP contribution in [0, 0.1) is 17.2 Å². The van der Waals surface area contributed by atoms with Gasteiger partial charge in [-0.2, -0.15) is 5.26 Å². The first-order chi connectivity index (χ1) is 6.63. The Morgan fingerprint density at radius 2 is 1.86 bits per heavy atom. The van der Waals surface area contributed by atoms with Crippen LogP contribution in [-0.4, -0.2) is 37.0 Å². The van der Waals surface area contributed by atoms with Gasteiger partial charge < -0.3 is 10.2 Å². The molecule has 1 saturated heterocycles. The van der Waals surface area contributed by atoms with E-state index in [0.717, 1.165) is 26.2 Å². The van der Waals surface area contributed by atoms with Crippen LogP contribution in [0.25, 0.3) is 0 Å². The Labute approximate surface area is 85.9 Å². The van der Waals surface area contributed by atoms with Gasteiger partial charge in [-0.05, 0) is 0 Å². The zero-order chi connectivity index (χ0) is 11.0. The van der Waals surface area contributed by atoms with E-state index in [1.54, 1.807) is 6.07 Å². The summed E-state index contributed by atoms with van der Waals surface area (Å²) in [5, 5.41) is 10.5. The molecule has 0 spiro atoms. The number of hydrogen-bond donors (Lipinski definition) is 1. The highest BCUT2D eigenvalue weighted by atomic mass is 16.2. The van der Waals surface area contributed by atoms with E-state index < -0.39 is 0 Å². The van der Waals surface area contributed by atoms with Crippen molar-refractivity contribution in [2.75, 3.05) is 26.2 Å². The van der Waals surface area contributed by atoms with Crippen LogP contribution in [0.2, 0.25) is 0 Å². The third kappa shape index (κ3) is 4.83. The lowest BCUT2D eigenvalue weighted by Gasteiger charge is -2.28. The molecule has 1 aliphatic heterocycles. The largest absolute Gasteiger partial charge is 0.340 e. The molecule has 1 aliphatic rings. The second kappa shape index (κ2) is 7.34. The van der Waals surface area contributed by atoms with Gasteiger partial charge in [-0.25, -0.2) is 0 Å². The average molecular weight is 197 g/mol. The van der Waals surface area contributed by atoms with E-state index in [9.17, 15) is 4.79 Å². The quantitative estimate of drug-likeness (QED) is 0.670. The van der Waals surface area contributed by atoms with Gasteiger partial charge in [0.15, 0.2) is 0 Å². The lowest BCUT2D eigenvalue weighted by molar-refractivity contribution is -0.134. The van der Waals surface area contributed by atoms with Crippen molar-refractivity contribution >= 4 is 5.91 Å². The minimum Gasteiger partial charge on any atom is -0.340 e. The smallest absolute Gasteiger partial charge is 0.225 e. The molecule has 1 rings (SSSR count).